The van der Waals surface area contributed by atoms with Gasteiger partial charge in [-0.25, -0.2) is 4.98 Å². The van der Waals surface area contributed by atoms with Gasteiger partial charge in [0, 0.05) is 44.2 Å². The standard InChI is InChI=1S/C17H25N3OS/c21-16(12-15-11-13-2-3-14(15)10-13)19-5-1-6-20(8-7-19)17-18-4-9-22-17/h4,9,13-15H,1-3,5-8,10-12H2/t13-,14-,15-/m0/s1. The molecule has 2 saturated carbocycles. The van der Waals surface area contributed by atoms with Crippen LogP contribution in [0.1, 0.15) is 38.5 Å². The normalized spacial score (nSPS) is 31.5. The lowest BCUT2D eigenvalue weighted by Crippen LogP contribution is -2.36. The molecule has 0 aromatic carbocycles. The molecule has 3 atom stereocenters. The van der Waals surface area contributed by atoms with Gasteiger partial charge in [-0.3, -0.25) is 4.79 Å². The molecule has 4 rings (SSSR count). The van der Waals surface area contributed by atoms with Gasteiger partial charge >= 0.3 is 0 Å². The number of hydrogen-bond donors (Lipinski definition) is 0. The third-order valence-electron chi connectivity index (χ3n) is 5.86. The third-order valence-corrected chi connectivity index (χ3v) is 6.69. The van der Waals surface area contributed by atoms with Gasteiger partial charge in [0.25, 0.3) is 0 Å². The van der Waals surface area contributed by atoms with Crippen molar-refractivity contribution in [3.05, 3.63) is 11.6 Å². The van der Waals surface area contributed by atoms with Crippen molar-refractivity contribution in [3.63, 3.8) is 0 Å². The Kier molecular flexibility index (Phi) is 4.07. The molecule has 1 saturated heterocycles. The largest absolute Gasteiger partial charge is 0.346 e. The van der Waals surface area contributed by atoms with Gasteiger partial charge in [0.2, 0.25) is 5.91 Å². The average Bonchev–Trinajstić information content (AvgIpc) is 3.23. The summed E-state index contributed by atoms with van der Waals surface area (Å²) in [7, 11) is 0. The summed E-state index contributed by atoms with van der Waals surface area (Å²) in [4.78, 5) is 21.5. The Bertz CT molecular complexity index is 518. The summed E-state index contributed by atoms with van der Waals surface area (Å²) in [6.45, 7) is 3.72. The van der Waals surface area contributed by atoms with Gasteiger partial charge in [-0.2, -0.15) is 0 Å². The predicted octanol–water partition coefficient (Wildman–Crippen LogP) is 3.01. The van der Waals surface area contributed by atoms with Crippen molar-refractivity contribution >= 4 is 22.4 Å². The molecule has 1 aromatic rings. The first-order valence-corrected chi connectivity index (χ1v) is 9.60. The van der Waals surface area contributed by atoms with Crippen LogP contribution >= 0.6 is 11.3 Å². The molecule has 0 radical (unpaired) electrons. The average molecular weight is 319 g/mol. The molecular weight excluding hydrogens is 294 g/mol. The maximum Gasteiger partial charge on any atom is 0.222 e. The highest BCUT2D eigenvalue weighted by Gasteiger charge is 2.40. The Hall–Kier alpha value is -1.10. The first-order chi connectivity index (χ1) is 10.8. The zero-order chi connectivity index (χ0) is 14.9. The molecule has 3 fully saturated rings. The van der Waals surface area contributed by atoms with Crippen molar-refractivity contribution in [2.45, 2.75) is 38.5 Å². The Morgan fingerprint density at radius 1 is 1.23 bits per heavy atom. The molecule has 0 N–H and O–H groups in total. The first-order valence-electron chi connectivity index (χ1n) is 8.72. The van der Waals surface area contributed by atoms with Gasteiger partial charge in [-0.1, -0.05) is 6.42 Å². The second-order valence-corrected chi connectivity index (χ2v) is 8.05. The Labute approximate surface area is 136 Å². The molecule has 1 aromatic heterocycles. The van der Waals surface area contributed by atoms with Crippen LogP contribution < -0.4 is 4.90 Å². The summed E-state index contributed by atoms with van der Waals surface area (Å²) in [6.07, 6.45) is 9.23. The molecule has 2 heterocycles. The number of carbonyl (C=O) groups is 1. The minimum absolute atomic E-state index is 0.401. The van der Waals surface area contributed by atoms with E-state index >= 15 is 0 Å². The highest BCUT2D eigenvalue weighted by atomic mass is 32.1. The summed E-state index contributed by atoms with van der Waals surface area (Å²) in [5.74, 6) is 2.88. The quantitative estimate of drug-likeness (QED) is 0.859. The second-order valence-electron chi connectivity index (χ2n) is 7.18. The Morgan fingerprint density at radius 2 is 2.18 bits per heavy atom. The van der Waals surface area contributed by atoms with E-state index < -0.39 is 0 Å². The topological polar surface area (TPSA) is 36.4 Å². The smallest absolute Gasteiger partial charge is 0.222 e. The molecule has 4 nitrogen and oxygen atoms in total. The van der Waals surface area contributed by atoms with E-state index in [4.69, 9.17) is 0 Å². The van der Waals surface area contributed by atoms with E-state index in [1.54, 1.807) is 11.3 Å². The van der Waals surface area contributed by atoms with Gasteiger partial charge in [0.05, 0.1) is 0 Å². The minimum Gasteiger partial charge on any atom is -0.346 e. The van der Waals surface area contributed by atoms with Gasteiger partial charge in [-0.15, -0.1) is 11.3 Å². The summed E-state index contributed by atoms with van der Waals surface area (Å²) in [6, 6.07) is 0. The van der Waals surface area contributed by atoms with Gasteiger partial charge in [0.15, 0.2) is 5.13 Å². The van der Waals surface area contributed by atoms with Gasteiger partial charge in [0.1, 0.15) is 0 Å². The molecule has 3 aliphatic rings. The van der Waals surface area contributed by atoms with Crippen LogP contribution in [0.15, 0.2) is 11.6 Å². The number of fused-ring (bicyclic) bond motifs is 2. The van der Waals surface area contributed by atoms with Crippen molar-refractivity contribution in [1.82, 2.24) is 9.88 Å². The molecule has 22 heavy (non-hydrogen) atoms. The highest BCUT2D eigenvalue weighted by molar-refractivity contribution is 7.13. The lowest BCUT2D eigenvalue weighted by atomic mass is 9.86. The second kappa shape index (κ2) is 6.19. The summed E-state index contributed by atoms with van der Waals surface area (Å²) < 4.78 is 0. The molecule has 2 bridgehead atoms. The lowest BCUT2D eigenvalue weighted by molar-refractivity contribution is -0.132. The van der Waals surface area contributed by atoms with E-state index in [1.165, 1.54) is 25.7 Å². The van der Waals surface area contributed by atoms with Crippen LogP contribution in [0.3, 0.4) is 0 Å². The van der Waals surface area contributed by atoms with Crippen LogP contribution in [0.5, 0.6) is 0 Å². The van der Waals surface area contributed by atoms with E-state index in [9.17, 15) is 4.79 Å². The van der Waals surface area contributed by atoms with Crippen molar-refractivity contribution in [3.8, 4) is 0 Å². The summed E-state index contributed by atoms with van der Waals surface area (Å²) in [5, 5.41) is 3.13. The van der Waals surface area contributed by atoms with Crippen molar-refractivity contribution in [2.24, 2.45) is 17.8 Å². The van der Waals surface area contributed by atoms with Crippen LogP contribution in [0.2, 0.25) is 0 Å². The van der Waals surface area contributed by atoms with E-state index in [0.29, 0.717) is 11.8 Å². The van der Waals surface area contributed by atoms with E-state index in [0.717, 1.165) is 56.0 Å². The predicted molar refractivity (Wildman–Crippen MR) is 89.1 cm³/mol. The first kappa shape index (κ1) is 14.5. The summed E-state index contributed by atoms with van der Waals surface area (Å²) >= 11 is 1.69. The molecule has 0 unspecified atom stereocenters. The number of thiazole rings is 1. The number of anilines is 1. The van der Waals surface area contributed by atoms with E-state index in [-0.39, 0.29) is 0 Å². The van der Waals surface area contributed by atoms with Crippen LogP contribution in [-0.2, 0) is 4.79 Å². The van der Waals surface area contributed by atoms with E-state index in [1.807, 2.05) is 11.6 Å². The fourth-order valence-electron chi connectivity index (χ4n) is 4.71. The molecule has 5 heteroatoms. The van der Waals surface area contributed by atoms with Crippen molar-refractivity contribution in [2.75, 3.05) is 31.1 Å². The zero-order valence-corrected chi connectivity index (χ0v) is 13.9. The number of rotatable bonds is 3. The molecule has 120 valence electrons. The number of aromatic nitrogens is 1. The Balaban J connectivity index is 1.32. The molecule has 2 aliphatic carbocycles. The number of nitrogens with zero attached hydrogens (tertiary/aromatic N) is 3. The van der Waals surface area contributed by atoms with Crippen LogP contribution in [0, 0.1) is 17.8 Å². The van der Waals surface area contributed by atoms with Crippen molar-refractivity contribution in [1.29, 1.82) is 0 Å². The number of carbonyl (C=O) groups excluding carboxylic acids is 1. The fraction of sp³-hybridized carbons (Fsp3) is 0.765. The third kappa shape index (κ3) is 2.87. The van der Waals surface area contributed by atoms with Crippen LogP contribution in [0.25, 0.3) is 0 Å². The Morgan fingerprint density at radius 3 is 2.91 bits per heavy atom. The van der Waals surface area contributed by atoms with Gasteiger partial charge < -0.3 is 9.80 Å². The van der Waals surface area contributed by atoms with Crippen LogP contribution in [-0.4, -0.2) is 42.0 Å². The zero-order valence-electron chi connectivity index (χ0n) is 13.1. The highest BCUT2D eigenvalue weighted by Crippen LogP contribution is 2.49. The number of hydrogen-bond acceptors (Lipinski definition) is 4. The number of amides is 1. The lowest BCUT2D eigenvalue weighted by Gasteiger charge is -2.26. The van der Waals surface area contributed by atoms with Crippen LogP contribution in [0.4, 0.5) is 5.13 Å². The maximum absolute atomic E-state index is 12.7. The minimum atomic E-state index is 0.401. The molecular formula is C17H25N3OS. The van der Waals surface area contributed by atoms with Crippen molar-refractivity contribution < 1.29 is 4.79 Å². The monoisotopic (exact) mass is 319 g/mol. The fourth-order valence-corrected chi connectivity index (χ4v) is 5.41. The van der Waals surface area contributed by atoms with Gasteiger partial charge in [-0.05, 0) is 43.4 Å². The van der Waals surface area contributed by atoms with E-state index in [2.05, 4.69) is 14.8 Å². The summed E-state index contributed by atoms with van der Waals surface area (Å²) in [5.41, 5.74) is 0. The molecule has 1 amide bonds. The molecule has 0 spiro atoms. The SMILES string of the molecule is O=C(C[C@@H]1C[C@H]2CC[C@H]1C2)N1CCCN(c2nccs2)CC1. The maximum atomic E-state index is 12.7. The molecule has 1 aliphatic heterocycles.